The van der Waals surface area contributed by atoms with Crippen LogP contribution in [0, 0.1) is 17.5 Å². The first kappa shape index (κ1) is 14.9. The summed E-state index contributed by atoms with van der Waals surface area (Å²) in [5, 5.41) is 5.26. The lowest BCUT2D eigenvalue weighted by Crippen LogP contribution is -2.08. The second-order valence-electron chi connectivity index (χ2n) is 4.51. The van der Waals surface area contributed by atoms with E-state index in [-0.39, 0.29) is 12.2 Å². The largest absolute Gasteiger partial charge is 0.381 e. The van der Waals surface area contributed by atoms with Crippen LogP contribution in [-0.4, -0.2) is 5.91 Å². The molecule has 0 heterocycles. The van der Waals surface area contributed by atoms with Crippen LogP contribution in [0.3, 0.4) is 0 Å². The van der Waals surface area contributed by atoms with E-state index in [1.54, 1.807) is 0 Å². The van der Waals surface area contributed by atoms with E-state index in [0.717, 1.165) is 6.07 Å². The van der Waals surface area contributed by atoms with E-state index in [0.29, 0.717) is 11.3 Å². The van der Waals surface area contributed by atoms with Crippen molar-refractivity contribution in [1.82, 2.24) is 0 Å². The maximum atomic E-state index is 13.5. The van der Waals surface area contributed by atoms with Crippen molar-refractivity contribution in [2.24, 2.45) is 0 Å². The standard InChI is InChI=1S/C15H13F3N2O/c1-9(21)20-15-7-13(2-3-14(15)18)19-8-10-4-11(16)6-12(17)5-10/h2-7,19H,8H2,1H3,(H,20,21). The number of anilines is 2. The molecule has 0 aliphatic carbocycles. The van der Waals surface area contributed by atoms with Crippen LogP contribution in [0.1, 0.15) is 12.5 Å². The van der Waals surface area contributed by atoms with Crippen molar-refractivity contribution in [1.29, 1.82) is 0 Å². The van der Waals surface area contributed by atoms with E-state index < -0.39 is 23.4 Å². The molecule has 0 saturated heterocycles. The quantitative estimate of drug-likeness (QED) is 0.903. The molecule has 0 unspecified atom stereocenters. The van der Waals surface area contributed by atoms with Crippen LogP contribution in [0.25, 0.3) is 0 Å². The minimum absolute atomic E-state index is 0.0397. The van der Waals surface area contributed by atoms with E-state index in [2.05, 4.69) is 10.6 Å². The van der Waals surface area contributed by atoms with Gasteiger partial charge in [0.1, 0.15) is 17.5 Å². The Hall–Kier alpha value is -2.50. The van der Waals surface area contributed by atoms with Gasteiger partial charge in [0.2, 0.25) is 5.91 Å². The molecular formula is C15H13F3N2O. The number of nitrogens with one attached hydrogen (secondary N) is 2. The predicted molar refractivity (Wildman–Crippen MR) is 74.4 cm³/mol. The van der Waals surface area contributed by atoms with Gasteiger partial charge < -0.3 is 10.6 Å². The Morgan fingerprint density at radius 3 is 2.33 bits per heavy atom. The Morgan fingerprint density at radius 1 is 1.05 bits per heavy atom. The average molecular weight is 294 g/mol. The Labute approximate surface area is 119 Å². The molecule has 2 aromatic rings. The van der Waals surface area contributed by atoms with Crippen molar-refractivity contribution in [2.75, 3.05) is 10.6 Å². The van der Waals surface area contributed by atoms with Gasteiger partial charge in [-0.1, -0.05) is 0 Å². The van der Waals surface area contributed by atoms with E-state index in [4.69, 9.17) is 0 Å². The Morgan fingerprint density at radius 2 is 1.71 bits per heavy atom. The lowest BCUT2D eigenvalue weighted by molar-refractivity contribution is -0.114. The van der Waals surface area contributed by atoms with Crippen LogP contribution in [-0.2, 0) is 11.3 Å². The van der Waals surface area contributed by atoms with Crippen LogP contribution < -0.4 is 10.6 Å². The molecule has 0 fully saturated rings. The molecule has 2 N–H and O–H groups in total. The fraction of sp³-hybridized carbons (Fsp3) is 0.133. The third-order valence-corrected chi connectivity index (χ3v) is 2.70. The van der Waals surface area contributed by atoms with Crippen molar-refractivity contribution >= 4 is 17.3 Å². The Balaban J connectivity index is 2.11. The third-order valence-electron chi connectivity index (χ3n) is 2.70. The fourth-order valence-corrected chi connectivity index (χ4v) is 1.84. The van der Waals surface area contributed by atoms with Gasteiger partial charge in [-0.15, -0.1) is 0 Å². The molecule has 110 valence electrons. The molecule has 0 aliphatic heterocycles. The van der Waals surface area contributed by atoms with E-state index in [1.165, 1.54) is 37.3 Å². The number of halogens is 3. The third kappa shape index (κ3) is 4.24. The number of carbonyl (C=O) groups is 1. The van der Waals surface area contributed by atoms with E-state index in [9.17, 15) is 18.0 Å². The lowest BCUT2D eigenvalue weighted by Gasteiger charge is -2.10. The second kappa shape index (κ2) is 6.30. The summed E-state index contributed by atoms with van der Waals surface area (Å²) in [5.41, 5.74) is 0.973. The number of hydrogen-bond acceptors (Lipinski definition) is 2. The monoisotopic (exact) mass is 294 g/mol. The van der Waals surface area contributed by atoms with Gasteiger partial charge in [0.05, 0.1) is 5.69 Å². The zero-order valence-corrected chi connectivity index (χ0v) is 11.2. The molecule has 0 aliphatic rings. The summed E-state index contributed by atoms with van der Waals surface area (Å²) in [5.74, 6) is -2.28. The minimum Gasteiger partial charge on any atom is -0.381 e. The summed E-state index contributed by atoms with van der Waals surface area (Å²) < 4.78 is 39.6. The van der Waals surface area contributed by atoms with Gasteiger partial charge >= 0.3 is 0 Å². The van der Waals surface area contributed by atoms with Crippen molar-refractivity contribution in [3.8, 4) is 0 Å². The Kier molecular flexibility index (Phi) is 4.47. The van der Waals surface area contributed by atoms with Crippen LogP contribution in [0.15, 0.2) is 36.4 Å². The van der Waals surface area contributed by atoms with Gasteiger partial charge in [0, 0.05) is 25.2 Å². The number of carbonyl (C=O) groups excluding carboxylic acids is 1. The van der Waals surface area contributed by atoms with Gasteiger partial charge in [-0.25, -0.2) is 13.2 Å². The Bertz CT molecular complexity index is 654. The van der Waals surface area contributed by atoms with Gasteiger partial charge in [0.25, 0.3) is 0 Å². The van der Waals surface area contributed by atoms with Crippen molar-refractivity contribution in [2.45, 2.75) is 13.5 Å². The SMILES string of the molecule is CC(=O)Nc1cc(NCc2cc(F)cc(F)c2)ccc1F. The molecule has 0 bridgehead atoms. The van der Waals surface area contributed by atoms with Crippen molar-refractivity contribution in [3.63, 3.8) is 0 Å². The van der Waals surface area contributed by atoms with E-state index >= 15 is 0 Å². The highest BCUT2D eigenvalue weighted by molar-refractivity contribution is 5.89. The first-order valence-electron chi connectivity index (χ1n) is 6.20. The maximum Gasteiger partial charge on any atom is 0.221 e. The molecule has 1 amide bonds. The molecule has 0 spiro atoms. The van der Waals surface area contributed by atoms with Gasteiger partial charge in [0.15, 0.2) is 0 Å². The second-order valence-corrected chi connectivity index (χ2v) is 4.51. The molecule has 21 heavy (non-hydrogen) atoms. The highest BCUT2D eigenvalue weighted by atomic mass is 19.1. The van der Waals surface area contributed by atoms with Crippen LogP contribution in [0.5, 0.6) is 0 Å². The average Bonchev–Trinajstić information content (AvgIpc) is 2.38. The molecule has 0 atom stereocenters. The van der Waals surface area contributed by atoms with Gasteiger partial charge in [-0.3, -0.25) is 4.79 Å². The smallest absolute Gasteiger partial charge is 0.221 e. The molecule has 2 rings (SSSR count). The van der Waals surface area contributed by atoms with Gasteiger partial charge in [-0.05, 0) is 35.9 Å². The molecule has 0 saturated carbocycles. The summed E-state index contributed by atoms with van der Waals surface area (Å²) >= 11 is 0. The first-order chi connectivity index (χ1) is 9.94. The predicted octanol–water partition coefficient (Wildman–Crippen LogP) is 3.67. The normalized spacial score (nSPS) is 10.3. The molecule has 0 radical (unpaired) electrons. The van der Waals surface area contributed by atoms with Crippen molar-refractivity contribution < 1.29 is 18.0 Å². The summed E-state index contributed by atoms with van der Waals surface area (Å²) in [4.78, 5) is 10.9. The van der Waals surface area contributed by atoms with Crippen LogP contribution in [0.4, 0.5) is 24.5 Å². The molecular weight excluding hydrogens is 281 g/mol. The zero-order valence-electron chi connectivity index (χ0n) is 11.2. The molecule has 6 heteroatoms. The van der Waals surface area contributed by atoms with Gasteiger partial charge in [-0.2, -0.15) is 0 Å². The van der Waals surface area contributed by atoms with Crippen LogP contribution >= 0.6 is 0 Å². The summed E-state index contributed by atoms with van der Waals surface area (Å²) in [6, 6.07) is 7.27. The van der Waals surface area contributed by atoms with Crippen molar-refractivity contribution in [3.05, 3.63) is 59.4 Å². The summed E-state index contributed by atoms with van der Waals surface area (Å²) in [7, 11) is 0. The topological polar surface area (TPSA) is 41.1 Å². The maximum absolute atomic E-state index is 13.5. The highest BCUT2D eigenvalue weighted by Crippen LogP contribution is 2.20. The summed E-state index contributed by atoms with van der Waals surface area (Å²) in [6.45, 7) is 1.44. The van der Waals surface area contributed by atoms with Crippen LogP contribution in [0.2, 0.25) is 0 Å². The molecule has 3 nitrogen and oxygen atoms in total. The van der Waals surface area contributed by atoms with E-state index in [1.807, 2.05) is 0 Å². The molecule has 2 aromatic carbocycles. The molecule has 0 aromatic heterocycles. The number of rotatable bonds is 4. The number of amides is 1. The lowest BCUT2D eigenvalue weighted by atomic mass is 10.2. The number of hydrogen-bond donors (Lipinski definition) is 2. The zero-order chi connectivity index (χ0) is 15.4. The first-order valence-corrected chi connectivity index (χ1v) is 6.20. The highest BCUT2D eigenvalue weighted by Gasteiger charge is 2.06. The fourth-order valence-electron chi connectivity index (χ4n) is 1.84. The number of benzene rings is 2. The summed E-state index contributed by atoms with van der Waals surface area (Å²) in [6.07, 6.45) is 0. The minimum atomic E-state index is -0.662.